The zero-order valence-electron chi connectivity index (χ0n) is 18.5. The fourth-order valence-electron chi connectivity index (χ4n) is 4.95. The van der Waals surface area contributed by atoms with Crippen LogP contribution in [-0.4, -0.2) is 47.8 Å². The number of hydrogen-bond donors (Lipinski definition) is 1. The molecule has 1 N–H and O–H groups in total. The van der Waals surface area contributed by atoms with E-state index in [2.05, 4.69) is 15.9 Å². The zero-order valence-corrected chi connectivity index (χ0v) is 19.3. The van der Waals surface area contributed by atoms with Gasteiger partial charge in [0.05, 0.1) is 30.7 Å². The molecule has 8 nitrogen and oxygen atoms in total. The normalized spacial score (nSPS) is 26.5. The quantitative estimate of drug-likeness (QED) is 0.730. The van der Waals surface area contributed by atoms with Crippen molar-refractivity contribution in [3.8, 4) is 0 Å². The maximum atomic E-state index is 12.9. The summed E-state index contributed by atoms with van der Waals surface area (Å²) in [6, 6.07) is 5.20. The Morgan fingerprint density at radius 2 is 1.90 bits per heavy atom. The van der Waals surface area contributed by atoms with Crippen LogP contribution in [0.25, 0.3) is 0 Å². The summed E-state index contributed by atoms with van der Waals surface area (Å²) in [7, 11) is -1.46. The van der Waals surface area contributed by atoms with Crippen LogP contribution >= 0.6 is 0 Å². The molecular weight excluding hydrogens is 416 g/mol. The van der Waals surface area contributed by atoms with Crippen LogP contribution in [0.1, 0.15) is 61.0 Å². The van der Waals surface area contributed by atoms with Gasteiger partial charge < -0.3 is 9.30 Å². The van der Waals surface area contributed by atoms with Crippen molar-refractivity contribution in [1.29, 1.82) is 0 Å². The highest BCUT2D eigenvalue weighted by molar-refractivity contribution is 7.88. The van der Waals surface area contributed by atoms with Gasteiger partial charge in [-0.2, -0.15) is 5.10 Å². The molecule has 4 rings (SSSR count). The summed E-state index contributed by atoms with van der Waals surface area (Å²) < 4.78 is 36.5. The van der Waals surface area contributed by atoms with Crippen molar-refractivity contribution in [2.75, 3.05) is 12.9 Å². The standard InChI is InChI=1S/C22H32N4O4S/c1-15-4-7-17-8-11-20(24-31(3,28)29)21(26(17)22(15)27)14-30-18-9-5-16(6-10-18)19-12-13-25(2)23-19/h4,7,12-13,16,18,20-21,24H,5-6,8-11,14H2,1-3H3. The van der Waals surface area contributed by atoms with Gasteiger partial charge in [-0.1, -0.05) is 6.07 Å². The van der Waals surface area contributed by atoms with E-state index in [1.54, 1.807) is 11.5 Å². The second-order valence-electron chi connectivity index (χ2n) is 9.01. The molecule has 1 aliphatic heterocycles. The third kappa shape index (κ3) is 5.10. The van der Waals surface area contributed by atoms with Crippen molar-refractivity contribution >= 4 is 10.0 Å². The number of pyridine rings is 1. The molecule has 0 radical (unpaired) electrons. The summed E-state index contributed by atoms with van der Waals surface area (Å²) in [5, 5.41) is 4.54. The van der Waals surface area contributed by atoms with Gasteiger partial charge in [0.25, 0.3) is 5.56 Å². The van der Waals surface area contributed by atoms with E-state index in [4.69, 9.17) is 4.74 Å². The number of nitrogens with one attached hydrogen (secondary N) is 1. The highest BCUT2D eigenvalue weighted by Crippen LogP contribution is 2.34. The molecule has 0 bridgehead atoms. The molecule has 2 aromatic heterocycles. The Labute approximate surface area is 183 Å². The Hall–Kier alpha value is -1.97. The SMILES string of the molecule is Cc1ccc2n(c1=O)C(COC1CCC(c3ccn(C)n3)CC1)C(NS(C)(=O)=O)CC2. The van der Waals surface area contributed by atoms with E-state index in [1.807, 2.05) is 30.1 Å². The smallest absolute Gasteiger partial charge is 0.254 e. The van der Waals surface area contributed by atoms with Crippen LogP contribution in [0.4, 0.5) is 0 Å². The van der Waals surface area contributed by atoms with Gasteiger partial charge in [-0.15, -0.1) is 0 Å². The lowest BCUT2D eigenvalue weighted by Crippen LogP contribution is -2.49. The van der Waals surface area contributed by atoms with Crippen LogP contribution in [0.2, 0.25) is 0 Å². The predicted octanol–water partition coefficient (Wildman–Crippen LogP) is 2.04. The topological polar surface area (TPSA) is 95.2 Å². The van der Waals surface area contributed by atoms with Crippen LogP contribution in [-0.2, 0) is 28.2 Å². The van der Waals surface area contributed by atoms with Crippen LogP contribution in [0, 0.1) is 6.92 Å². The average molecular weight is 449 g/mol. The molecule has 0 amide bonds. The first-order valence-corrected chi connectivity index (χ1v) is 12.9. The first kappa shape index (κ1) is 22.2. The fraction of sp³-hybridized carbons (Fsp3) is 0.636. The van der Waals surface area contributed by atoms with Gasteiger partial charge >= 0.3 is 0 Å². The average Bonchev–Trinajstić information content (AvgIpc) is 3.15. The third-order valence-corrected chi connectivity index (χ3v) is 7.32. The van der Waals surface area contributed by atoms with E-state index in [-0.39, 0.29) is 23.7 Å². The first-order valence-electron chi connectivity index (χ1n) is 11.0. The summed E-state index contributed by atoms with van der Waals surface area (Å²) in [6.07, 6.45) is 8.49. The number of ether oxygens (including phenoxy) is 1. The Morgan fingerprint density at radius 1 is 1.16 bits per heavy atom. The first-order chi connectivity index (χ1) is 14.7. The number of aryl methyl sites for hydroxylation is 3. The van der Waals surface area contributed by atoms with E-state index in [9.17, 15) is 13.2 Å². The molecule has 3 heterocycles. The van der Waals surface area contributed by atoms with Crippen LogP contribution in [0.3, 0.4) is 0 Å². The summed E-state index contributed by atoms with van der Waals surface area (Å²) >= 11 is 0. The Bertz CT molecular complexity index is 1080. The van der Waals surface area contributed by atoms with E-state index in [0.29, 0.717) is 30.9 Å². The number of nitrogens with zero attached hydrogens (tertiary/aromatic N) is 3. The zero-order chi connectivity index (χ0) is 22.2. The predicted molar refractivity (Wildman–Crippen MR) is 119 cm³/mol. The van der Waals surface area contributed by atoms with Gasteiger partial charge in [-0.3, -0.25) is 9.48 Å². The summed E-state index contributed by atoms with van der Waals surface area (Å²) in [6.45, 7) is 2.11. The second-order valence-corrected chi connectivity index (χ2v) is 10.8. The lowest BCUT2D eigenvalue weighted by atomic mass is 9.85. The summed E-state index contributed by atoms with van der Waals surface area (Å²) in [5.41, 5.74) is 2.67. The van der Waals surface area contributed by atoms with E-state index < -0.39 is 10.0 Å². The summed E-state index contributed by atoms with van der Waals surface area (Å²) in [4.78, 5) is 12.9. The molecule has 2 aliphatic rings. The number of hydrogen-bond acceptors (Lipinski definition) is 5. The fourth-order valence-corrected chi connectivity index (χ4v) is 5.78. The molecular formula is C22H32N4O4S. The molecule has 31 heavy (non-hydrogen) atoms. The van der Waals surface area contributed by atoms with Crippen LogP contribution in [0.5, 0.6) is 0 Å². The van der Waals surface area contributed by atoms with Crippen molar-refractivity contribution < 1.29 is 13.2 Å². The maximum Gasteiger partial charge on any atom is 0.254 e. The van der Waals surface area contributed by atoms with E-state index >= 15 is 0 Å². The highest BCUT2D eigenvalue weighted by Gasteiger charge is 2.34. The number of sulfonamides is 1. The Balaban J connectivity index is 1.46. The molecule has 1 saturated carbocycles. The van der Waals surface area contributed by atoms with Gasteiger partial charge in [-0.25, -0.2) is 13.1 Å². The highest BCUT2D eigenvalue weighted by atomic mass is 32.2. The number of fused-ring (bicyclic) bond motifs is 1. The molecule has 0 saturated heterocycles. The van der Waals surface area contributed by atoms with E-state index in [0.717, 1.165) is 37.1 Å². The van der Waals surface area contributed by atoms with Crippen molar-refractivity contribution in [3.63, 3.8) is 0 Å². The van der Waals surface area contributed by atoms with Crippen molar-refractivity contribution in [3.05, 3.63) is 51.7 Å². The van der Waals surface area contributed by atoms with Crippen molar-refractivity contribution in [2.24, 2.45) is 7.05 Å². The molecule has 0 spiro atoms. The van der Waals surface area contributed by atoms with Crippen molar-refractivity contribution in [2.45, 2.75) is 69.6 Å². The van der Waals surface area contributed by atoms with Crippen LogP contribution < -0.4 is 10.3 Å². The largest absolute Gasteiger partial charge is 0.376 e. The lowest BCUT2D eigenvalue weighted by molar-refractivity contribution is -0.00188. The Morgan fingerprint density at radius 3 is 2.55 bits per heavy atom. The second kappa shape index (κ2) is 8.88. The minimum Gasteiger partial charge on any atom is -0.376 e. The lowest BCUT2D eigenvalue weighted by Gasteiger charge is -2.37. The van der Waals surface area contributed by atoms with Gasteiger partial charge in [0.1, 0.15) is 0 Å². The van der Waals surface area contributed by atoms with Crippen LogP contribution in [0.15, 0.2) is 29.2 Å². The van der Waals surface area contributed by atoms with Gasteiger partial charge in [0.15, 0.2) is 0 Å². The molecule has 2 unspecified atom stereocenters. The molecule has 1 fully saturated rings. The van der Waals surface area contributed by atoms with Crippen molar-refractivity contribution in [1.82, 2.24) is 19.1 Å². The molecule has 9 heteroatoms. The summed E-state index contributed by atoms with van der Waals surface area (Å²) in [5.74, 6) is 0.460. The number of aromatic nitrogens is 3. The molecule has 170 valence electrons. The van der Waals surface area contributed by atoms with Gasteiger partial charge in [0.2, 0.25) is 10.0 Å². The molecule has 1 aliphatic carbocycles. The molecule has 2 atom stereocenters. The number of rotatable bonds is 6. The van der Waals surface area contributed by atoms with Gasteiger partial charge in [0, 0.05) is 36.5 Å². The molecule has 0 aromatic carbocycles. The third-order valence-electron chi connectivity index (χ3n) is 6.59. The minimum atomic E-state index is -3.39. The Kier molecular flexibility index (Phi) is 6.37. The minimum absolute atomic E-state index is 0.0649. The van der Waals surface area contributed by atoms with E-state index in [1.165, 1.54) is 6.26 Å². The monoisotopic (exact) mass is 448 g/mol. The van der Waals surface area contributed by atoms with Gasteiger partial charge in [-0.05, 0) is 57.6 Å². The molecule has 2 aromatic rings. The maximum absolute atomic E-state index is 12.9.